The molecule has 0 spiro atoms. The van der Waals surface area contributed by atoms with E-state index in [4.69, 9.17) is 28.4 Å². The Morgan fingerprint density at radius 1 is 0.600 bits per heavy atom. The molecule has 6 heterocycles. The lowest BCUT2D eigenvalue weighted by atomic mass is 9.80. The van der Waals surface area contributed by atoms with Gasteiger partial charge in [-0.1, -0.05) is 12.2 Å². The predicted molar refractivity (Wildman–Crippen MR) is 199 cm³/mol. The number of hydrogen-bond acceptors (Lipinski definition) is 10. The van der Waals surface area contributed by atoms with E-state index in [1.165, 1.54) is 13.8 Å². The number of carbonyl (C=O) groups is 4. The molecule has 6 aliphatic heterocycles. The van der Waals surface area contributed by atoms with Gasteiger partial charge in [-0.05, 0) is 54.7 Å². The standard InChI is InChI=1S/C43H54N2O10/c1-26(46)52-34-9-5-28(19-36(34)50-3)22-44-15-11-30(12-16-44)38(24-44)54-42(48)40-32-7-8-33(21-32)41(40)43(49)55-39-25-45(17-13-31(39)14-18-45)23-29-6-10-35(53-27(2)47)37(20-29)51-4/h5-10,19-20,30-33,38-41H,11-18,21-25H2,1-4H3/q+2. The number of allylic oxidation sites excluding steroid dienone is 2. The number of quaternary nitrogens is 2. The molecule has 6 atom stereocenters. The quantitative estimate of drug-likeness (QED) is 0.127. The first-order valence-corrected chi connectivity index (χ1v) is 20.0. The zero-order valence-electron chi connectivity index (χ0n) is 32.4. The fraction of sp³-hybridized carbons (Fsp3) is 0.581. The van der Waals surface area contributed by atoms with Crippen LogP contribution in [0.5, 0.6) is 23.0 Å². The summed E-state index contributed by atoms with van der Waals surface area (Å²) in [6, 6.07) is 11.4. The SMILES string of the molecule is COc1cc(C[N+]23CCC(CC2)C(OC(=O)C2C4C=CC(C4)C2C(=O)OC2C[N+]4(Cc5ccc(OC(C)=O)c(OC)c5)CCC2CC4)C3)ccc1OC(C)=O. The maximum absolute atomic E-state index is 14.2. The summed E-state index contributed by atoms with van der Waals surface area (Å²) in [5, 5.41) is 0. The van der Waals surface area contributed by atoms with Crippen molar-refractivity contribution in [2.24, 2.45) is 35.5 Å². The minimum absolute atomic E-state index is 0.0163. The highest BCUT2D eigenvalue weighted by molar-refractivity contribution is 5.84. The Hall–Kier alpha value is -4.42. The number of carbonyl (C=O) groups excluding carboxylic acids is 4. The van der Waals surface area contributed by atoms with Crippen LogP contribution in [-0.2, 0) is 41.7 Å². The fourth-order valence-corrected chi connectivity index (χ4v) is 10.9. The average Bonchev–Trinajstić information content (AvgIpc) is 3.79. The highest BCUT2D eigenvalue weighted by atomic mass is 16.6. The minimum Gasteiger partial charge on any atom is -0.493 e. The summed E-state index contributed by atoms with van der Waals surface area (Å²) in [6.07, 6.45) is 8.50. The van der Waals surface area contributed by atoms with Gasteiger partial charge in [-0.25, -0.2) is 0 Å². The molecule has 12 heteroatoms. The Balaban J connectivity index is 0.921. The Bertz CT molecular complexity index is 1730. The van der Waals surface area contributed by atoms with Crippen LogP contribution in [-0.4, -0.2) is 98.5 Å². The minimum atomic E-state index is -0.531. The summed E-state index contributed by atoms with van der Waals surface area (Å²) in [4.78, 5) is 51.6. The number of ether oxygens (including phenoxy) is 6. The largest absolute Gasteiger partial charge is 0.493 e. The Kier molecular flexibility index (Phi) is 10.2. The van der Waals surface area contributed by atoms with E-state index in [1.54, 1.807) is 26.4 Å². The van der Waals surface area contributed by atoms with Gasteiger partial charge in [0, 0.05) is 62.5 Å². The monoisotopic (exact) mass is 758 g/mol. The van der Waals surface area contributed by atoms with E-state index in [-0.39, 0.29) is 36.0 Å². The Labute approximate surface area is 322 Å². The summed E-state index contributed by atoms with van der Waals surface area (Å²) in [6.45, 7) is 9.77. The lowest BCUT2D eigenvalue weighted by molar-refractivity contribution is -0.958. The number of nitrogens with zero attached hydrogens (tertiary/aromatic N) is 2. The van der Waals surface area contributed by atoms with Crippen molar-refractivity contribution in [1.82, 2.24) is 0 Å². The summed E-state index contributed by atoms with van der Waals surface area (Å²) in [5.74, 6) is 0.0598. The van der Waals surface area contributed by atoms with Crippen molar-refractivity contribution >= 4 is 23.9 Å². The third-order valence-corrected chi connectivity index (χ3v) is 13.6. The molecule has 294 valence electrons. The molecule has 8 aliphatic rings. The van der Waals surface area contributed by atoms with Crippen molar-refractivity contribution in [3.05, 3.63) is 59.7 Å². The summed E-state index contributed by atoms with van der Waals surface area (Å²) in [7, 11) is 3.14. The van der Waals surface area contributed by atoms with Gasteiger partial charge in [-0.2, -0.15) is 0 Å². The first-order valence-electron chi connectivity index (χ1n) is 20.0. The third-order valence-electron chi connectivity index (χ3n) is 13.6. The van der Waals surface area contributed by atoms with Crippen LogP contribution in [0.4, 0.5) is 0 Å². The molecule has 2 aromatic carbocycles. The molecule has 7 fully saturated rings. The van der Waals surface area contributed by atoms with Gasteiger partial charge < -0.3 is 37.4 Å². The number of fused-ring (bicyclic) bond motifs is 8. The van der Waals surface area contributed by atoms with E-state index in [0.29, 0.717) is 34.8 Å². The molecule has 0 radical (unpaired) electrons. The van der Waals surface area contributed by atoms with E-state index >= 15 is 0 Å². The number of rotatable bonds is 12. The van der Waals surface area contributed by atoms with Crippen LogP contribution in [0.3, 0.4) is 0 Å². The van der Waals surface area contributed by atoms with Crippen LogP contribution in [0, 0.1) is 35.5 Å². The van der Waals surface area contributed by atoms with Gasteiger partial charge in [-0.3, -0.25) is 19.2 Å². The molecule has 0 aromatic heterocycles. The molecule has 12 nitrogen and oxygen atoms in total. The lowest BCUT2D eigenvalue weighted by Crippen LogP contribution is -2.64. The fourth-order valence-electron chi connectivity index (χ4n) is 10.9. The number of hydrogen-bond donors (Lipinski definition) is 0. The molecule has 1 saturated carbocycles. The number of methoxy groups -OCH3 is 2. The van der Waals surface area contributed by atoms with Crippen LogP contribution in [0.2, 0.25) is 0 Å². The first kappa shape index (κ1) is 37.5. The van der Waals surface area contributed by atoms with Gasteiger partial charge in [0.05, 0.1) is 52.2 Å². The number of esters is 4. The number of piperidine rings is 6. The van der Waals surface area contributed by atoms with E-state index in [1.807, 2.05) is 24.3 Å². The van der Waals surface area contributed by atoms with E-state index in [9.17, 15) is 19.2 Å². The Morgan fingerprint density at radius 2 is 1.00 bits per heavy atom. The van der Waals surface area contributed by atoms with Gasteiger partial charge in [0.15, 0.2) is 35.2 Å². The van der Waals surface area contributed by atoms with E-state index in [2.05, 4.69) is 12.2 Å². The summed E-state index contributed by atoms with van der Waals surface area (Å²) >= 11 is 0. The average molecular weight is 759 g/mol. The molecule has 0 N–H and O–H groups in total. The second-order valence-electron chi connectivity index (χ2n) is 17.0. The van der Waals surface area contributed by atoms with Crippen LogP contribution in [0.1, 0.15) is 57.1 Å². The van der Waals surface area contributed by atoms with Crippen LogP contribution in [0.25, 0.3) is 0 Å². The van der Waals surface area contributed by atoms with Crippen LogP contribution < -0.4 is 18.9 Å². The Morgan fingerprint density at radius 3 is 1.36 bits per heavy atom. The molecule has 2 aliphatic carbocycles. The van der Waals surface area contributed by atoms with Gasteiger partial charge in [0.1, 0.15) is 26.2 Å². The first-order chi connectivity index (χ1) is 26.5. The maximum atomic E-state index is 14.2. The van der Waals surface area contributed by atoms with E-state index < -0.39 is 23.8 Å². The molecular weight excluding hydrogens is 704 g/mol. The number of benzene rings is 2. The summed E-state index contributed by atoms with van der Waals surface area (Å²) in [5.41, 5.74) is 2.15. The van der Waals surface area contributed by atoms with Crippen molar-refractivity contribution in [2.75, 3.05) is 53.5 Å². The highest BCUT2D eigenvalue weighted by Crippen LogP contribution is 2.50. The van der Waals surface area contributed by atoms with Gasteiger partial charge >= 0.3 is 23.9 Å². The van der Waals surface area contributed by atoms with Gasteiger partial charge in [-0.15, -0.1) is 0 Å². The van der Waals surface area contributed by atoms with Crippen LogP contribution in [0.15, 0.2) is 48.6 Å². The predicted octanol–water partition coefficient (Wildman–Crippen LogP) is 5.00. The topological polar surface area (TPSA) is 124 Å². The summed E-state index contributed by atoms with van der Waals surface area (Å²) < 4.78 is 36.3. The molecule has 6 bridgehead atoms. The maximum Gasteiger partial charge on any atom is 0.310 e. The normalized spacial score (nSPS) is 33.9. The second-order valence-corrected chi connectivity index (χ2v) is 17.0. The van der Waals surface area contributed by atoms with E-state index in [0.717, 1.165) is 105 Å². The van der Waals surface area contributed by atoms with Crippen molar-refractivity contribution in [1.29, 1.82) is 0 Å². The molecule has 2 aromatic rings. The molecule has 6 saturated heterocycles. The van der Waals surface area contributed by atoms with Crippen molar-refractivity contribution in [2.45, 2.75) is 71.2 Å². The van der Waals surface area contributed by atoms with Gasteiger partial charge in [0.2, 0.25) is 0 Å². The zero-order chi connectivity index (χ0) is 38.5. The molecule has 55 heavy (non-hydrogen) atoms. The van der Waals surface area contributed by atoms with Crippen LogP contribution >= 0.6 is 0 Å². The van der Waals surface area contributed by atoms with Crippen molar-refractivity contribution in [3.8, 4) is 23.0 Å². The molecule has 0 amide bonds. The molecule has 6 unspecified atom stereocenters. The van der Waals surface area contributed by atoms with Crippen molar-refractivity contribution in [3.63, 3.8) is 0 Å². The highest BCUT2D eigenvalue weighted by Gasteiger charge is 2.56. The molecule has 10 rings (SSSR count). The smallest absolute Gasteiger partial charge is 0.310 e. The molecular formula is C43H54N2O10+2. The van der Waals surface area contributed by atoms with Crippen molar-refractivity contribution < 1.29 is 56.6 Å². The second kappa shape index (κ2) is 14.9. The lowest BCUT2D eigenvalue weighted by Gasteiger charge is -2.52. The van der Waals surface area contributed by atoms with Gasteiger partial charge in [0.25, 0.3) is 0 Å². The zero-order valence-corrected chi connectivity index (χ0v) is 32.4. The third kappa shape index (κ3) is 7.47.